The molecule has 1 saturated carbocycles. The van der Waals surface area contributed by atoms with E-state index in [0.29, 0.717) is 24.7 Å². The number of urea groups is 1. The average molecular weight is 404 g/mol. The second kappa shape index (κ2) is 8.61. The number of carbonyl (C=O) groups excluding carboxylic acids is 2. The normalized spacial score (nSPS) is 26.9. The second-order valence-electron chi connectivity index (χ2n) is 8.43. The quantitative estimate of drug-likeness (QED) is 0.709. The predicted molar refractivity (Wildman–Crippen MR) is 111 cm³/mol. The molecule has 1 spiro atoms. The van der Waals surface area contributed by atoms with Crippen molar-refractivity contribution in [3.05, 3.63) is 23.8 Å². The maximum absolute atomic E-state index is 13.3. The van der Waals surface area contributed by atoms with Crippen LogP contribution < -0.4 is 14.8 Å². The third-order valence-electron chi connectivity index (χ3n) is 6.60. The molecule has 1 saturated heterocycles. The van der Waals surface area contributed by atoms with E-state index in [2.05, 4.69) is 19.2 Å². The fraction of sp³-hybridized carbons (Fsp3) is 0.636. The summed E-state index contributed by atoms with van der Waals surface area (Å²) in [6.45, 7) is 5.17. The van der Waals surface area contributed by atoms with Crippen LogP contribution in [0.1, 0.15) is 38.7 Å². The first-order valence-corrected chi connectivity index (χ1v) is 10.4. The molecule has 1 aliphatic heterocycles. The molecule has 3 amide bonds. The lowest BCUT2D eigenvalue weighted by atomic mass is 9.67. The monoisotopic (exact) mass is 403 g/mol. The molecule has 0 bridgehead atoms. The molecule has 29 heavy (non-hydrogen) atoms. The number of methoxy groups -OCH3 is 2. The highest BCUT2D eigenvalue weighted by Crippen LogP contribution is 2.42. The summed E-state index contributed by atoms with van der Waals surface area (Å²) >= 11 is 0. The first-order chi connectivity index (χ1) is 13.8. The number of hydrogen-bond acceptors (Lipinski definition) is 5. The van der Waals surface area contributed by atoms with Crippen molar-refractivity contribution in [2.24, 2.45) is 11.8 Å². The fourth-order valence-electron chi connectivity index (χ4n) is 4.75. The number of nitrogens with one attached hydrogen (secondary N) is 1. The lowest BCUT2D eigenvalue weighted by molar-refractivity contribution is -0.137. The zero-order chi connectivity index (χ0) is 21.2. The van der Waals surface area contributed by atoms with Gasteiger partial charge in [-0.25, -0.2) is 9.69 Å². The Hall–Kier alpha value is -2.28. The molecule has 1 N–H and O–H groups in total. The summed E-state index contributed by atoms with van der Waals surface area (Å²) in [6, 6.07) is 5.58. The number of likely N-dealkylation sites (N-methyl/N-ethyl adjacent to an activating group) is 1. The summed E-state index contributed by atoms with van der Waals surface area (Å²) in [4.78, 5) is 29.3. The zero-order valence-electron chi connectivity index (χ0n) is 18.2. The Bertz CT molecular complexity index is 756. The number of amides is 3. The van der Waals surface area contributed by atoms with Gasteiger partial charge in [0, 0.05) is 6.54 Å². The van der Waals surface area contributed by atoms with Crippen molar-refractivity contribution in [3.8, 4) is 11.5 Å². The number of rotatable bonds is 7. The molecular formula is C22H33N3O4. The van der Waals surface area contributed by atoms with Crippen LogP contribution in [-0.4, -0.2) is 61.8 Å². The summed E-state index contributed by atoms with van der Waals surface area (Å²) in [5.74, 6) is 1.64. The van der Waals surface area contributed by atoms with E-state index in [0.717, 1.165) is 31.2 Å². The van der Waals surface area contributed by atoms with E-state index in [-0.39, 0.29) is 23.8 Å². The van der Waals surface area contributed by atoms with Crippen LogP contribution in [0.25, 0.3) is 0 Å². The third kappa shape index (κ3) is 3.92. The Morgan fingerprint density at radius 3 is 2.41 bits per heavy atom. The van der Waals surface area contributed by atoms with Crippen LogP contribution in [0.3, 0.4) is 0 Å². The van der Waals surface area contributed by atoms with Gasteiger partial charge in [-0.3, -0.25) is 9.69 Å². The highest BCUT2D eigenvalue weighted by Gasteiger charge is 2.58. The average Bonchev–Trinajstić information content (AvgIpc) is 2.96. The first kappa shape index (κ1) is 21.4. The van der Waals surface area contributed by atoms with E-state index in [4.69, 9.17) is 9.47 Å². The largest absolute Gasteiger partial charge is 0.493 e. The number of nitrogens with zero attached hydrogens (tertiary/aromatic N) is 2. The minimum absolute atomic E-state index is 0.0693. The standard InChI is InChI=1S/C22H33N3O4/c1-15-7-6-8-16(2)22(15)20(26)25(21(27)23-22)14-24(3)12-11-17-9-10-18(28-4)19(13-17)29-5/h9-10,13,15-16H,6-8,11-12,14H2,1-5H3,(H,23,27). The molecule has 2 atom stereocenters. The van der Waals surface area contributed by atoms with Crippen LogP contribution in [0.5, 0.6) is 11.5 Å². The third-order valence-corrected chi connectivity index (χ3v) is 6.60. The molecule has 3 rings (SSSR count). The maximum Gasteiger partial charge on any atom is 0.326 e. The Morgan fingerprint density at radius 1 is 1.14 bits per heavy atom. The Labute approximate surface area is 173 Å². The van der Waals surface area contributed by atoms with Gasteiger partial charge in [0.15, 0.2) is 11.5 Å². The number of imide groups is 1. The van der Waals surface area contributed by atoms with Crippen LogP contribution in [0.4, 0.5) is 4.79 Å². The molecule has 1 aromatic carbocycles. The van der Waals surface area contributed by atoms with Crippen molar-refractivity contribution >= 4 is 11.9 Å². The van der Waals surface area contributed by atoms with Crippen molar-refractivity contribution in [2.75, 3.05) is 34.5 Å². The lowest BCUT2D eigenvalue weighted by Crippen LogP contribution is -2.59. The van der Waals surface area contributed by atoms with Gasteiger partial charge in [-0.1, -0.05) is 26.3 Å². The minimum Gasteiger partial charge on any atom is -0.493 e. The number of benzene rings is 1. The molecule has 1 aromatic rings. The molecule has 160 valence electrons. The minimum atomic E-state index is -0.737. The highest BCUT2D eigenvalue weighted by molar-refractivity contribution is 6.07. The van der Waals surface area contributed by atoms with Gasteiger partial charge in [0.2, 0.25) is 0 Å². The van der Waals surface area contributed by atoms with Crippen LogP contribution in [0, 0.1) is 11.8 Å². The predicted octanol–water partition coefficient (Wildman–Crippen LogP) is 2.88. The summed E-state index contributed by atoms with van der Waals surface area (Å²) < 4.78 is 10.6. The van der Waals surface area contributed by atoms with Crippen molar-refractivity contribution in [2.45, 2.75) is 45.1 Å². The van der Waals surface area contributed by atoms with Gasteiger partial charge in [-0.15, -0.1) is 0 Å². The van der Waals surface area contributed by atoms with Crippen LogP contribution in [0.2, 0.25) is 0 Å². The van der Waals surface area contributed by atoms with E-state index < -0.39 is 5.54 Å². The van der Waals surface area contributed by atoms with Crippen LogP contribution in [0.15, 0.2) is 18.2 Å². The van der Waals surface area contributed by atoms with Crippen molar-refractivity contribution < 1.29 is 19.1 Å². The first-order valence-electron chi connectivity index (χ1n) is 10.4. The number of ether oxygens (including phenoxy) is 2. The van der Waals surface area contributed by atoms with Gasteiger partial charge in [-0.05, 0) is 55.8 Å². The number of carbonyl (C=O) groups is 2. The molecular weight excluding hydrogens is 370 g/mol. The molecule has 7 nitrogen and oxygen atoms in total. The molecule has 2 aliphatic rings. The van der Waals surface area contributed by atoms with Gasteiger partial charge in [0.1, 0.15) is 5.54 Å². The van der Waals surface area contributed by atoms with Gasteiger partial charge in [0.25, 0.3) is 5.91 Å². The molecule has 1 heterocycles. The van der Waals surface area contributed by atoms with Crippen molar-refractivity contribution in [1.82, 2.24) is 15.1 Å². The van der Waals surface area contributed by atoms with Crippen molar-refractivity contribution in [1.29, 1.82) is 0 Å². The van der Waals surface area contributed by atoms with Gasteiger partial charge in [-0.2, -0.15) is 0 Å². The molecule has 7 heteroatoms. The van der Waals surface area contributed by atoms with Gasteiger partial charge in [0.05, 0.1) is 20.9 Å². The van der Waals surface area contributed by atoms with Gasteiger partial charge < -0.3 is 14.8 Å². The summed E-state index contributed by atoms with van der Waals surface area (Å²) in [6.07, 6.45) is 3.83. The van der Waals surface area contributed by atoms with E-state index in [9.17, 15) is 9.59 Å². The van der Waals surface area contributed by atoms with E-state index in [1.165, 1.54) is 4.90 Å². The SMILES string of the molecule is COc1ccc(CCN(C)CN2C(=O)NC3(C2=O)C(C)CCCC3C)cc1OC. The Kier molecular flexibility index (Phi) is 6.36. The smallest absolute Gasteiger partial charge is 0.326 e. The zero-order valence-corrected chi connectivity index (χ0v) is 18.2. The molecule has 2 unspecified atom stereocenters. The molecule has 1 aliphatic carbocycles. The number of hydrogen-bond donors (Lipinski definition) is 1. The summed E-state index contributed by atoms with van der Waals surface area (Å²) in [7, 11) is 5.17. The Balaban J connectivity index is 1.63. The molecule has 0 radical (unpaired) electrons. The van der Waals surface area contributed by atoms with E-state index in [1.54, 1.807) is 14.2 Å². The maximum atomic E-state index is 13.3. The molecule has 0 aromatic heterocycles. The highest BCUT2D eigenvalue weighted by atomic mass is 16.5. The van der Waals surface area contributed by atoms with Crippen LogP contribution in [-0.2, 0) is 11.2 Å². The van der Waals surface area contributed by atoms with E-state index in [1.807, 2.05) is 30.1 Å². The molecule has 2 fully saturated rings. The lowest BCUT2D eigenvalue weighted by Gasteiger charge is -2.42. The van der Waals surface area contributed by atoms with Crippen LogP contribution >= 0.6 is 0 Å². The second-order valence-corrected chi connectivity index (χ2v) is 8.43. The topological polar surface area (TPSA) is 71.1 Å². The summed E-state index contributed by atoms with van der Waals surface area (Å²) in [5.41, 5.74) is 0.372. The Morgan fingerprint density at radius 2 is 1.79 bits per heavy atom. The van der Waals surface area contributed by atoms with Crippen molar-refractivity contribution in [3.63, 3.8) is 0 Å². The fourth-order valence-corrected chi connectivity index (χ4v) is 4.75. The summed E-state index contributed by atoms with van der Waals surface area (Å²) in [5, 5.41) is 3.06. The van der Waals surface area contributed by atoms with E-state index >= 15 is 0 Å². The van der Waals surface area contributed by atoms with Gasteiger partial charge >= 0.3 is 6.03 Å².